The number of hydrogen-bond donors (Lipinski definition) is 2. The minimum absolute atomic E-state index is 0.0627. The van der Waals surface area contributed by atoms with Crippen LogP contribution < -0.4 is 16.0 Å². The van der Waals surface area contributed by atoms with Gasteiger partial charge in [0.05, 0.1) is 18.8 Å². The molecule has 1 saturated heterocycles. The van der Waals surface area contributed by atoms with E-state index in [1.165, 1.54) is 0 Å². The van der Waals surface area contributed by atoms with E-state index in [0.29, 0.717) is 0 Å². The van der Waals surface area contributed by atoms with Gasteiger partial charge in [-0.05, 0) is 37.0 Å². The highest BCUT2D eigenvalue weighted by Crippen LogP contribution is 2.27. The highest BCUT2D eigenvalue weighted by atomic mass is 16.5. The van der Waals surface area contributed by atoms with Gasteiger partial charge >= 0.3 is 0 Å². The Balaban J connectivity index is 2.02. The third-order valence-corrected chi connectivity index (χ3v) is 3.23. The zero-order valence-electron chi connectivity index (χ0n) is 10.9. The molecule has 2 unspecified atom stereocenters. The van der Waals surface area contributed by atoms with Crippen LogP contribution in [0.4, 0.5) is 0 Å². The van der Waals surface area contributed by atoms with Gasteiger partial charge in [0.1, 0.15) is 5.75 Å². The van der Waals surface area contributed by atoms with E-state index in [1.807, 2.05) is 12.1 Å². The summed E-state index contributed by atoms with van der Waals surface area (Å²) in [7, 11) is 0. The van der Waals surface area contributed by atoms with E-state index in [2.05, 4.69) is 24.5 Å². The molecule has 3 N–H and O–H groups in total. The predicted octanol–water partition coefficient (Wildman–Crippen LogP) is 2.16. The molecule has 0 aliphatic carbocycles. The van der Waals surface area contributed by atoms with Crippen molar-refractivity contribution in [2.24, 2.45) is 5.84 Å². The van der Waals surface area contributed by atoms with Gasteiger partial charge in [-0.2, -0.15) is 0 Å². The summed E-state index contributed by atoms with van der Waals surface area (Å²) >= 11 is 0. The van der Waals surface area contributed by atoms with Crippen molar-refractivity contribution in [1.29, 1.82) is 0 Å². The average molecular weight is 250 g/mol. The number of ether oxygens (including phenoxy) is 2. The zero-order valence-corrected chi connectivity index (χ0v) is 10.9. The van der Waals surface area contributed by atoms with Crippen LogP contribution in [0.3, 0.4) is 0 Å². The van der Waals surface area contributed by atoms with Gasteiger partial charge in [0.25, 0.3) is 0 Å². The smallest absolute Gasteiger partial charge is 0.119 e. The van der Waals surface area contributed by atoms with Crippen molar-refractivity contribution in [2.45, 2.75) is 38.3 Å². The average Bonchev–Trinajstić information content (AvgIpc) is 2.93. The summed E-state index contributed by atoms with van der Waals surface area (Å²) in [4.78, 5) is 0. The van der Waals surface area contributed by atoms with Gasteiger partial charge in [-0.3, -0.25) is 11.3 Å². The summed E-state index contributed by atoms with van der Waals surface area (Å²) in [5.74, 6) is 6.55. The molecule has 0 bridgehead atoms. The maximum atomic E-state index is 5.68. The van der Waals surface area contributed by atoms with E-state index < -0.39 is 0 Å². The minimum atomic E-state index is 0.0627. The molecule has 1 aliphatic heterocycles. The summed E-state index contributed by atoms with van der Waals surface area (Å²) in [6, 6.07) is 8.15. The van der Waals surface area contributed by atoms with E-state index in [9.17, 15) is 0 Å². The third kappa shape index (κ3) is 3.22. The van der Waals surface area contributed by atoms with Crippen LogP contribution in [0, 0.1) is 0 Å². The summed E-state index contributed by atoms with van der Waals surface area (Å²) < 4.78 is 11.2. The first kappa shape index (κ1) is 13.3. The summed E-state index contributed by atoms with van der Waals surface area (Å²) in [6.07, 6.45) is 3.37. The first-order valence-electron chi connectivity index (χ1n) is 6.65. The topological polar surface area (TPSA) is 56.5 Å². The lowest BCUT2D eigenvalue weighted by atomic mass is 10.00. The fourth-order valence-corrected chi connectivity index (χ4v) is 2.27. The number of hydrazine groups is 1. The first-order chi connectivity index (χ1) is 8.85. The molecule has 2 atom stereocenters. The van der Waals surface area contributed by atoms with E-state index in [4.69, 9.17) is 15.3 Å². The van der Waals surface area contributed by atoms with Gasteiger partial charge in [0.2, 0.25) is 0 Å². The fraction of sp³-hybridized carbons (Fsp3) is 0.571. The van der Waals surface area contributed by atoms with Crippen molar-refractivity contribution in [1.82, 2.24) is 5.43 Å². The predicted molar refractivity (Wildman–Crippen MR) is 71.3 cm³/mol. The van der Waals surface area contributed by atoms with E-state index in [1.54, 1.807) is 0 Å². The second-order valence-corrected chi connectivity index (χ2v) is 4.61. The Kier molecular flexibility index (Phi) is 4.99. The van der Waals surface area contributed by atoms with Gasteiger partial charge < -0.3 is 9.47 Å². The minimum Gasteiger partial charge on any atom is -0.494 e. The lowest BCUT2D eigenvalue weighted by Gasteiger charge is -2.22. The highest BCUT2D eigenvalue weighted by molar-refractivity contribution is 5.29. The van der Waals surface area contributed by atoms with Crippen LogP contribution in [0.25, 0.3) is 0 Å². The largest absolute Gasteiger partial charge is 0.494 e. The molecule has 0 spiro atoms. The molecule has 1 aliphatic rings. The lowest BCUT2D eigenvalue weighted by molar-refractivity contribution is 0.0783. The van der Waals surface area contributed by atoms with Crippen LogP contribution in [-0.2, 0) is 4.74 Å². The monoisotopic (exact) mass is 250 g/mol. The van der Waals surface area contributed by atoms with Gasteiger partial charge in [0, 0.05) is 6.61 Å². The van der Waals surface area contributed by atoms with E-state index >= 15 is 0 Å². The molecule has 100 valence electrons. The molecule has 1 fully saturated rings. The molecule has 4 heteroatoms. The molecule has 4 nitrogen and oxygen atoms in total. The number of nitrogens with one attached hydrogen (secondary N) is 1. The second kappa shape index (κ2) is 6.73. The van der Waals surface area contributed by atoms with Crippen molar-refractivity contribution in [3.8, 4) is 5.75 Å². The SMILES string of the molecule is CCCOc1ccc(C(NN)C2CCCO2)cc1. The number of benzene rings is 1. The van der Waals surface area contributed by atoms with Crippen molar-refractivity contribution >= 4 is 0 Å². The summed E-state index contributed by atoms with van der Waals surface area (Å²) in [5.41, 5.74) is 4.00. The van der Waals surface area contributed by atoms with E-state index in [-0.39, 0.29) is 12.1 Å². The Morgan fingerprint density at radius 1 is 1.44 bits per heavy atom. The maximum Gasteiger partial charge on any atom is 0.119 e. The highest BCUT2D eigenvalue weighted by Gasteiger charge is 2.26. The number of hydrogen-bond acceptors (Lipinski definition) is 4. The Morgan fingerprint density at radius 2 is 2.22 bits per heavy atom. The molecule has 18 heavy (non-hydrogen) atoms. The summed E-state index contributed by atoms with van der Waals surface area (Å²) in [5, 5.41) is 0. The van der Waals surface area contributed by atoms with Crippen molar-refractivity contribution in [3.63, 3.8) is 0 Å². The molecule has 0 aromatic heterocycles. The van der Waals surface area contributed by atoms with Crippen molar-refractivity contribution in [3.05, 3.63) is 29.8 Å². The lowest BCUT2D eigenvalue weighted by Crippen LogP contribution is -2.36. The Morgan fingerprint density at radius 3 is 2.78 bits per heavy atom. The Hall–Kier alpha value is -1.10. The van der Waals surface area contributed by atoms with Crippen LogP contribution in [0.2, 0.25) is 0 Å². The number of nitrogens with two attached hydrogens (primary N) is 1. The fourth-order valence-electron chi connectivity index (χ4n) is 2.27. The zero-order chi connectivity index (χ0) is 12.8. The van der Waals surface area contributed by atoms with E-state index in [0.717, 1.165) is 43.8 Å². The second-order valence-electron chi connectivity index (χ2n) is 4.61. The molecule has 1 aromatic carbocycles. The van der Waals surface area contributed by atoms with Gasteiger partial charge in [-0.25, -0.2) is 0 Å². The van der Waals surface area contributed by atoms with Gasteiger partial charge in [-0.15, -0.1) is 0 Å². The quantitative estimate of drug-likeness (QED) is 0.600. The normalized spacial score (nSPS) is 20.9. The Labute approximate surface area is 108 Å². The third-order valence-electron chi connectivity index (χ3n) is 3.23. The molecule has 1 aromatic rings. The molecule has 0 radical (unpaired) electrons. The van der Waals surface area contributed by atoms with Crippen LogP contribution in [0.1, 0.15) is 37.8 Å². The van der Waals surface area contributed by atoms with Crippen molar-refractivity contribution < 1.29 is 9.47 Å². The number of rotatable bonds is 6. The molecular weight excluding hydrogens is 228 g/mol. The standard InChI is InChI=1S/C14H22N2O2/c1-2-9-17-12-7-5-11(6-8-12)14(16-15)13-4-3-10-18-13/h5-8,13-14,16H,2-4,9-10,15H2,1H3. The molecule has 0 saturated carbocycles. The molecule has 2 rings (SSSR count). The van der Waals surface area contributed by atoms with Crippen LogP contribution >= 0.6 is 0 Å². The van der Waals surface area contributed by atoms with Crippen molar-refractivity contribution in [2.75, 3.05) is 13.2 Å². The summed E-state index contributed by atoms with van der Waals surface area (Å²) in [6.45, 7) is 3.68. The maximum absolute atomic E-state index is 5.68. The molecule has 1 heterocycles. The van der Waals surface area contributed by atoms with Gasteiger partial charge in [0.15, 0.2) is 0 Å². The van der Waals surface area contributed by atoms with Crippen LogP contribution in [0.15, 0.2) is 24.3 Å². The molecular formula is C14H22N2O2. The Bertz CT molecular complexity index is 347. The van der Waals surface area contributed by atoms with Crippen LogP contribution in [-0.4, -0.2) is 19.3 Å². The first-order valence-corrected chi connectivity index (χ1v) is 6.65. The van der Waals surface area contributed by atoms with Crippen LogP contribution in [0.5, 0.6) is 5.75 Å². The molecule has 0 amide bonds. The van der Waals surface area contributed by atoms with Gasteiger partial charge in [-0.1, -0.05) is 19.1 Å².